The Kier molecular flexibility index (Phi) is 8.23. The highest BCUT2D eigenvalue weighted by atomic mass is 32.1. The molecule has 2 aromatic heterocycles. The molecule has 0 unspecified atom stereocenters. The van der Waals surface area contributed by atoms with Gasteiger partial charge in [-0.3, -0.25) is 20.0 Å². The lowest BCUT2D eigenvalue weighted by Crippen LogP contribution is -2.57. The number of ether oxygens (including phenoxy) is 1. The molecule has 5 rings (SSSR count). The van der Waals surface area contributed by atoms with Gasteiger partial charge in [0, 0.05) is 55.6 Å². The monoisotopic (exact) mass is 535 g/mol. The summed E-state index contributed by atoms with van der Waals surface area (Å²) in [7, 11) is 0. The van der Waals surface area contributed by atoms with Gasteiger partial charge in [-0.15, -0.1) is 11.3 Å². The van der Waals surface area contributed by atoms with Crippen molar-refractivity contribution in [3.8, 4) is 0 Å². The van der Waals surface area contributed by atoms with E-state index in [0.29, 0.717) is 44.9 Å². The van der Waals surface area contributed by atoms with Crippen molar-refractivity contribution in [2.24, 2.45) is 5.73 Å². The van der Waals surface area contributed by atoms with E-state index in [2.05, 4.69) is 38.1 Å². The third-order valence-corrected chi connectivity index (χ3v) is 8.58. The number of benzene rings is 1. The Hall–Kier alpha value is -3.05. The zero-order valence-corrected chi connectivity index (χ0v) is 22.8. The van der Waals surface area contributed by atoms with E-state index in [0.717, 1.165) is 43.9 Å². The number of carbonyl (C=O) groups is 1. The maximum atomic E-state index is 13.4. The van der Waals surface area contributed by atoms with Crippen LogP contribution in [0, 0.1) is 12.3 Å². The summed E-state index contributed by atoms with van der Waals surface area (Å²) < 4.78 is 6.31. The zero-order chi connectivity index (χ0) is 26.5. The second-order valence-electron chi connectivity index (χ2n) is 10.5. The molecule has 2 saturated heterocycles. The predicted molar refractivity (Wildman–Crippen MR) is 149 cm³/mol. The van der Waals surface area contributed by atoms with Crippen molar-refractivity contribution >= 4 is 23.1 Å². The van der Waals surface area contributed by atoms with Crippen LogP contribution in [0.3, 0.4) is 0 Å². The van der Waals surface area contributed by atoms with Crippen LogP contribution in [0.2, 0.25) is 0 Å². The van der Waals surface area contributed by atoms with Gasteiger partial charge in [0.15, 0.2) is 0 Å². The van der Waals surface area contributed by atoms with Crippen molar-refractivity contribution in [3.63, 3.8) is 0 Å². The van der Waals surface area contributed by atoms with Gasteiger partial charge in [0.05, 0.1) is 31.8 Å². The molecule has 0 atom stereocenters. The number of hydrogen-bond donors (Lipinski definition) is 3. The van der Waals surface area contributed by atoms with Gasteiger partial charge in [-0.05, 0) is 54.5 Å². The van der Waals surface area contributed by atoms with Gasteiger partial charge in [-0.25, -0.2) is 4.98 Å². The fraction of sp³-hybridized carbons (Fsp3) is 0.464. The van der Waals surface area contributed by atoms with E-state index in [-0.39, 0.29) is 17.3 Å². The summed E-state index contributed by atoms with van der Waals surface area (Å²) in [5, 5.41) is 9.88. The summed E-state index contributed by atoms with van der Waals surface area (Å²) >= 11 is 1.83. The highest BCUT2D eigenvalue weighted by Gasteiger charge is 2.41. The molecule has 0 saturated carbocycles. The first-order valence-electron chi connectivity index (χ1n) is 13.2. The molecule has 0 bridgehead atoms. The molecular formula is C28H37N7O2S. The minimum absolute atomic E-state index is 0.0621. The number of rotatable bonds is 9. The van der Waals surface area contributed by atoms with Crippen LogP contribution < -0.4 is 5.73 Å². The van der Waals surface area contributed by atoms with Gasteiger partial charge in [0.2, 0.25) is 0 Å². The maximum Gasteiger partial charge on any atom is 0.254 e. The van der Waals surface area contributed by atoms with Gasteiger partial charge in [-0.1, -0.05) is 12.1 Å². The number of piperidine rings is 1. The van der Waals surface area contributed by atoms with E-state index in [1.165, 1.54) is 10.4 Å². The molecule has 10 heteroatoms. The summed E-state index contributed by atoms with van der Waals surface area (Å²) in [4.78, 5) is 28.8. The van der Waals surface area contributed by atoms with Gasteiger partial charge < -0.3 is 20.4 Å². The number of H-pyrrole nitrogens is 1. The lowest BCUT2D eigenvalue weighted by Gasteiger charge is -2.47. The van der Waals surface area contributed by atoms with Crippen molar-refractivity contribution < 1.29 is 9.53 Å². The molecule has 202 valence electrons. The number of thiophene rings is 1. The lowest BCUT2D eigenvalue weighted by molar-refractivity contribution is -0.127. The number of nitrogens with zero attached hydrogens (tertiary/aromatic N) is 4. The van der Waals surface area contributed by atoms with Crippen LogP contribution in [0.1, 0.15) is 45.0 Å². The van der Waals surface area contributed by atoms with Crippen LogP contribution in [0.5, 0.6) is 0 Å². The summed E-state index contributed by atoms with van der Waals surface area (Å²) in [6.07, 6.45) is 5.39. The molecule has 2 aliphatic heterocycles. The number of aryl methyl sites for hydroxylation is 1. The Labute approximate surface area is 228 Å². The van der Waals surface area contributed by atoms with Crippen molar-refractivity contribution in [1.29, 1.82) is 5.41 Å². The predicted octanol–water partition coefficient (Wildman–Crippen LogP) is 3.22. The topological polar surface area (TPSA) is 115 Å². The van der Waals surface area contributed by atoms with E-state index >= 15 is 0 Å². The molecule has 2 fully saturated rings. The highest BCUT2D eigenvalue weighted by molar-refractivity contribution is 7.10. The average Bonchev–Trinajstić information content (AvgIpc) is 3.57. The van der Waals surface area contributed by atoms with Crippen LogP contribution in [0.25, 0.3) is 0 Å². The average molecular weight is 536 g/mol. The van der Waals surface area contributed by atoms with E-state index in [1.54, 1.807) is 12.4 Å². The number of imidazole rings is 1. The second kappa shape index (κ2) is 11.8. The number of amides is 1. The number of nitrogens with two attached hydrogens (primary N) is 1. The molecule has 4 N–H and O–H groups in total. The molecular weight excluding hydrogens is 498 g/mol. The molecule has 4 heterocycles. The third kappa shape index (κ3) is 6.50. The number of amidine groups is 1. The second-order valence-corrected chi connectivity index (χ2v) is 11.5. The minimum Gasteiger partial charge on any atom is -0.387 e. The number of aromatic nitrogens is 2. The number of carbonyl (C=O) groups excluding carboxylic acids is 1. The summed E-state index contributed by atoms with van der Waals surface area (Å²) in [6.45, 7) is 8.53. The van der Waals surface area contributed by atoms with Gasteiger partial charge in [-0.2, -0.15) is 0 Å². The molecule has 1 aromatic carbocycles. The Bertz CT molecular complexity index is 1220. The van der Waals surface area contributed by atoms with Crippen LogP contribution in [-0.4, -0.2) is 81.3 Å². The molecule has 1 amide bonds. The first kappa shape index (κ1) is 26.6. The summed E-state index contributed by atoms with van der Waals surface area (Å²) in [5.74, 6) is 0.996. The third-order valence-electron chi connectivity index (χ3n) is 7.57. The van der Waals surface area contributed by atoms with Crippen molar-refractivity contribution in [2.75, 3.05) is 39.3 Å². The fourth-order valence-electron chi connectivity index (χ4n) is 5.41. The van der Waals surface area contributed by atoms with Gasteiger partial charge in [0.1, 0.15) is 11.7 Å². The van der Waals surface area contributed by atoms with Crippen LogP contribution in [0.15, 0.2) is 48.1 Å². The van der Waals surface area contributed by atoms with Crippen molar-refractivity contribution in [1.82, 2.24) is 24.7 Å². The van der Waals surface area contributed by atoms with E-state index in [4.69, 9.17) is 15.9 Å². The maximum absolute atomic E-state index is 13.4. The largest absolute Gasteiger partial charge is 0.387 e. The normalized spacial score (nSPS) is 17.8. The van der Waals surface area contributed by atoms with Gasteiger partial charge in [0.25, 0.3) is 5.91 Å². The van der Waals surface area contributed by atoms with Crippen LogP contribution in [-0.2, 0) is 24.4 Å². The van der Waals surface area contributed by atoms with Gasteiger partial charge >= 0.3 is 0 Å². The quantitative estimate of drug-likeness (QED) is 0.286. The number of morpholine rings is 1. The summed E-state index contributed by atoms with van der Waals surface area (Å²) in [5.41, 5.74) is 8.55. The molecule has 9 nitrogen and oxygen atoms in total. The Morgan fingerprint density at radius 1 is 1.21 bits per heavy atom. The first-order chi connectivity index (χ1) is 18.4. The number of aromatic amines is 1. The molecule has 3 aromatic rings. The molecule has 38 heavy (non-hydrogen) atoms. The molecule has 2 aliphatic rings. The standard InChI is InChI=1S/C28H37N7O2S/c1-21-6-15-38-24(21)17-33-11-7-28(8-12-33)20-35(13-14-37-28)27(36)23-4-2-22(3-5-23)16-34(18-25(29)30)19-26-31-9-10-32-26/h2-6,9-10,15H,7-8,11-14,16-20H2,1H3,(H3,29,30)(H,31,32). The molecule has 0 radical (unpaired) electrons. The number of hydrogen-bond acceptors (Lipinski definition) is 7. The van der Waals surface area contributed by atoms with Crippen molar-refractivity contribution in [2.45, 2.75) is 45.0 Å². The highest BCUT2D eigenvalue weighted by Crippen LogP contribution is 2.32. The zero-order valence-electron chi connectivity index (χ0n) is 22.0. The fourth-order valence-corrected chi connectivity index (χ4v) is 6.35. The summed E-state index contributed by atoms with van der Waals surface area (Å²) in [6, 6.07) is 9.98. The Balaban J connectivity index is 1.17. The SMILES string of the molecule is Cc1ccsc1CN1CCC2(CC1)CN(C(=O)c1ccc(CN(CC(=N)N)Cc3ncc[nH]3)cc1)CCO2. The first-order valence-corrected chi connectivity index (χ1v) is 14.1. The van der Waals surface area contributed by atoms with E-state index in [1.807, 2.05) is 40.5 Å². The van der Waals surface area contributed by atoms with Crippen molar-refractivity contribution in [3.05, 3.63) is 75.5 Å². The van der Waals surface area contributed by atoms with Crippen LogP contribution in [0.4, 0.5) is 0 Å². The van der Waals surface area contributed by atoms with E-state index in [9.17, 15) is 4.79 Å². The molecule has 0 aliphatic carbocycles. The smallest absolute Gasteiger partial charge is 0.254 e. The lowest BCUT2D eigenvalue weighted by atomic mass is 9.89. The minimum atomic E-state index is -0.242. The Morgan fingerprint density at radius 3 is 2.66 bits per heavy atom. The molecule has 1 spiro atoms. The number of nitrogens with one attached hydrogen (secondary N) is 2. The van der Waals surface area contributed by atoms with Crippen LogP contribution >= 0.6 is 11.3 Å². The number of likely N-dealkylation sites (tertiary alicyclic amines) is 1. The van der Waals surface area contributed by atoms with E-state index < -0.39 is 0 Å². The Morgan fingerprint density at radius 2 is 2.00 bits per heavy atom.